The van der Waals surface area contributed by atoms with Crippen LogP contribution in [0, 0.1) is 5.92 Å². The van der Waals surface area contributed by atoms with Gasteiger partial charge in [-0.25, -0.2) is 0 Å². The van der Waals surface area contributed by atoms with Crippen molar-refractivity contribution >= 4 is 12.4 Å². The van der Waals surface area contributed by atoms with E-state index in [1.807, 2.05) is 27.7 Å². The summed E-state index contributed by atoms with van der Waals surface area (Å²) in [4.78, 5) is 23.1. The van der Waals surface area contributed by atoms with E-state index in [2.05, 4.69) is 16.7 Å². The molecule has 1 rings (SSSR count). The van der Waals surface area contributed by atoms with Gasteiger partial charge >= 0.3 is 5.97 Å². The second kappa shape index (κ2) is 8.91. The normalized spacial score (nSPS) is 17.1. The van der Waals surface area contributed by atoms with Crippen LogP contribution in [0.15, 0.2) is 0 Å². The van der Waals surface area contributed by atoms with Crippen LogP contribution in [0.5, 0.6) is 0 Å². The average Bonchev–Trinajstić information content (AvgIpc) is 2.29. The van der Waals surface area contributed by atoms with Gasteiger partial charge in [0.2, 0.25) is 0 Å². The van der Waals surface area contributed by atoms with Crippen LogP contribution in [-0.4, -0.2) is 49.7 Å². The van der Waals surface area contributed by atoms with Gasteiger partial charge in [0.05, 0.1) is 12.5 Å². The Morgan fingerprint density at radius 3 is 2.16 bits per heavy atom. The van der Waals surface area contributed by atoms with Crippen molar-refractivity contribution in [3.63, 3.8) is 0 Å². The first kappa shape index (κ1) is 17.9. The maximum Gasteiger partial charge on any atom is 0.309 e. The maximum absolute atomic E-state index is 11.3. The highest BCUT2D eigenvalue weighted by molar-refractivity contribution is 5.72. The fourth-order valence-electron chi connectivity index (χ4n) is 1.65. The summed E-state index contributed by atoms with van der Waals surface area (Å²) >= 11 is 0. The lowest BCUT2D eigenvalue weighted by Gasteiger charge is -2.27. The number of likely N-dealkylation sites (tertiary alicyclic amines) is 1. The van der Waals surface area contributed by atoms with Crippen LogP contribution in [0.2, 0.25) is 0 Å². The molecule has 0 radical (unpaired) electrons. The zero-order valence-electron chi connectivity index (χ0n) is 12.8. The molecule has 1 aliphatic heterocycles. The van der Waals surface area contributed by atoms with Crippen molar-refractivity contribution in [3.05, 3.63) is 0 Å². The van der Waals surface area contributed by atoms with E-state index in [9.17, 15) is 9.59 Å². The third kappa shape index (κ3) is 9.47. The molecule has 0 aromatic carbocycles. The molecule has 0 N–H and O–H groups in total. The molecule has 112 valence electrons. The van der Waals surface area contributed by atoms with Crippen molar-refractivity contribution in [2.75, 3.05) is 26.7 Å². The van der Waals surface area contributed by atoms with Crippen molar-refractivity contribution in [1.29, 1.82) is 0 Å². The maximum atomic E-state index is 11.3. The van der Waals surface area contributed by atoms with Gasteiger partial charge in [0.25, 0.3) is 6.47 Å². The topological polar surface area (TPSA) is 55.8 Å². The number of nitrogens with zero attached hydrogens (tertiary/aromatic N) is 1. The van der Waals surface area contributed by atoms with E-state index in [1.165, 1.54) is 0 Å². The predicted molar refractivity (Wildman–Crippen MR) is 73.8 cm³/mol. The summed E-state index contributed by atoms with van der Waals surface area (Å²) in [5.41, 5.74) is -0.318. The zero-order chi connectivity index (χ0) is 14.9. The lowest BCUT2D eigenvalue weighted by atomic mass is 9.97. The molecule has 0 saturated carbocycles. The van der Waals surface area contributed by atoms with Crippen LogP contribution in [0.3, 0.4) is 0 Å². The number of hydrogen-bond acceptors (Lipinski definition) is 5. The number of rotatable bonds is 3. The minimum atomic E-state index is -0.318. The lowest BCUT2D eigenvalue weighted by Crippen LogP contribution is -2.34. The molecule has 5 heteroatoms. The van der Waals surface area contributed by atoms with Crippen molar-refractivity contribution < 1.29 is 19.1 Å². The van der Waals surface area contributed by atoms with E-state index in [-0.39, 0.29) is 17.5 Å². The summed E-state index contributed by atoms with van der Waals surface area (Å²) in [5, 5.41) is 0. The first-order chi connectivity index (χ1) is 8.80. The summed E-state index contributed by atoms with van der Waals surface area (Å²) < 4.78 is 9.51. The van der Waals surface area contributed by atoms with E-state index in [0.717, 1.165) is 25.9 Å². The Labute approximate surface area is 116 Å². The van der Waals surface area contributed by atoms with Crippen molar-refractivity contribution in [2.45, 2.75) is 46.1 Å². The molecule has 0 aliphatic carbocycles. The molecule has 0 atom stereocenters. The van der Waals surface area contributed by atoms with Crippen molar-refractivity contribution in [1.82, 2.24) is 4.90 Å². The first-order valence-corrected chi connectivity index (χ1v) is 6.76. The van der Waals surface area contributed by atoms with Gasteiger partial charge in [-0.15, -0.1) is 0 Å². The molecule has 1 heterocycles. The van der Waals surface area contributed by atoms with Gasteiger partial charge in [-0.1, -0.05) is 0 Å². The summed E-state index contributed by atoms with van der Waals surface area (Å²) in [6, 6.07) is 0. The van der Waals surface area contributed by atoms with E-state index < -0.39 is 0 Å². The molecule has 0 aromatic heterocycles. The second-order valence-electron chi connectivity index (χ2n) is 5.66. The van der Waals surface area contributed by atoms with Crippen molar-refractivity contribution in [3.8, 4) is 0 Å². The van der Waals surface area contributed by atoms with Gasteiger partial charge in [-0.3, -0.25) is 9.59 Å². The number of carbonyl (C=O) groups is 2. The smallest absolute Gasteiger partial charge is 0.309 e. The Kier molecular flexibility index (Phi) is 8.39. The van der Waals surface area contributed by atoms with Gasteiger partial charge in [0.15, 0.2) is 0 Å². The summed E-state index contributed by atoms with van der Waals surface area (Å²) in [7, 11) is 2.08. The lowest BCUT2D eigenvalue weighted by molar-refractivity contribution is -0.149. The quantitative estimate of drug-likeness (QED) is 0.580. The first-order valence-electron chi connectivity index (χ1n) is 6.76. The highest BCUT2D eigenvalue weighted by Gasteiger charge is 2.23. The Morgan fingerprint density at radius 2 is 1.84 bits per heavy atom. The molecule has 1 aliphatic rings. The Hall–Kier alpha value is -1.10. The van der Waals surface area contributed by atoms with Gasteiger partial charge in [0.1, 0.15) is 5.60 Å². The monoisotopic (exact) mass is 273 g/mol. The van der Waals surface area contributed by atoms with Crippen molar-refractivity contribution in [2.24, 2.45) is 5.92 Å². The van der Waals surface area contributed by atoms with Gasteiger partial charge in [-0.05, 0) is 60.7 Å². The highest BCUT2D eigenvalue weighted by atomic mass is 16.5. The number of hydrogen-bond donors (Lipinski definition) is 0. The third-order valence-corrected chi connectivity index (χ3v) is 2.74. The molecular weight excluding hydrogens is 246 g/mol. The minimum absolute atomic E-state index is 0.00870. The second-order valence-corrected chi connectivity index (χ2v) is 5.66. The Bertz CT molecular complexity index is 265. The van der Waals surface area contributed by atoms with E-state index in [1.54, 1.807) is 0 Å². The van der Waals surface area contributed by atoms with Crippen LogP contribution < -0.4 is 0 Å². The SMILES string of the molecule is CC(C)(C)OC=O.CCOC(=O)C1CCN(C)CC1. The Morgan fingerprint density at radius 1 is 1.32 bits per heavy atom. The third-order valence-electron chi connectivity index (χ3n) is 2.74. The average molecular weight is 273 g/mol. The van der Waals surface area contributed by atoms with E-state index >= 15 is 0 Å². The van der Waals surface area contributed by atoms with Gasteiger partial charge in [0, 0.05) is 0 Å². The molecule has 0 bridgehead atoms. The largest absolute Gasteiger partial charge is 0.466 e. The Balaban J connectivity index is 0.000000399. The summed E-state index contributed by atoms with van der Waals surface area (Å²) in [6.07, 6.45) is 1.91. The molecule has 0 amide bonds. The van der Waals surface area contributed by atoms with E-state index in [4.69, 9.17) is 4.74 Å². The number of carbonyl (C=O) groups excluding carboxylic acids is 2. The van der Waals surface area contributed by atoms with Crippen LogP contribution in [0.25, 0.3) is 0 Å². The van der Waals surface area contributed by atoms with Crippen LogP contribution in [0.1, 0.15) is 40.5 Å². The predicted octanol–water partition coefficient (Wildman–Crippen LogP) is 1.85. The number of ether oxygens (including phenoxy) is 2. The molecule has 0 unspecified atom stereocenters. The highest BCUT2D eigenvalue weighted by Crippen LogP contribution is 2.17. The van der Waals surface area contributed by atoms with Gasteiger partial charge in [-0.2, -0.15) is 0 Å². The summed E-state index contributed by atoms with van der Waals surface area (Å²) in [6.45, 7) is 10.3. The standard InChI is InChI=1S/C9H17NO2.C5H10O2/c1-3-12-9(11)8-4-6-10(2)7-5-8;1-5(2,3)7-4-6/h8H,3-7H2,1-2H3;4H,1-3H3. The minimum Gasteiger partial charge on any atom is -0.466 e. The summed E-state index contributed by atoms with van der Waals surface area (Å²) in [5.74, 6) is 0.145. The molecule has 0 spiro atoms. The zero-order valence-corrected chi connectivity index (χ0v) is 12.8. The molecule has 1 saturated heterocycles. The van der Waals surface area contributed by atoms with Crippen LogP contribution >= 0.6 is 0 Å². The van der Waals surface area contributed by atoms with Crippen LogP contribution in [-0.2, 0) is 19.1 Å². The van der Waals surface area contributed by atoms with Crippen LogP contribution in [0.4, 0.5) is 0 Å². The van der Waals surface area contributed by atoms with E-state index in [0.29, 0.717) is 13.1 Å². The fourth-order valence-corrected chi connectivity index (χ4v) is 1.65. The molecular formula is C14H27NO4. The molecule has 5 nitrogen and oxygen atoms in total. The fraction of sp³-hybridized carbons (Fsp3) is 0.857. The number of esters is 1. The molecule has 19 heavy (non-hydrogen) atoms. The molecule has 0 aromatic rings. The molecule has 1 fully saturated rings. The number of piperidine rings is 1. The van der Waals surface area contributed by atoms with Gasteiger partial charge < -0.3 is 14.4 Å².